The summed E-state index contributed by atoms with van der Waals surface area (Å²) in [6, 6.07) is 15.0. The highest BCUT2D eigenvalue weighted by molar-refractivity contribution is 9.10. The number of nitrogens with one attached hydrogen (secondary N) is 2. The molecule has 0 unspecified atom stereocenters. The predicted molar refractivity (Wildman–Crippen MR) is 123 cm³/mol. The third-order valence-corrected chi connectivity index (χ3v) is 4.95. The molecule has 2 N–H and O–H groups in total. The Labute approximate surface area is 180 Å². The van der Waals surface area contributed by atoms with Crippen LogP contribution < -0.4 is 16.3 Å². The first-order valence-electron chi connectivity index (χ1n) is 8.86. The van der Waals surface area contributed by atoms with Crippen LogP contribution in [0, 0.1) is 6.92 Å². The van der Waals surface area contributed by atoms with Crippen molar-refractivity contribution in [1.29, 1.82) is 0 Å². The summed E-state index contributed by atoms with van der Waals surface area (Å²) < 4.78 is 8.08. The average molecular weight is 469 g/mol. The van der Waals surface area contributed by atoms with Crippen molar-refractivity contribution >= 4 is 55.6 Å². The van der Waals surface area contributed by atoms with Gasteiger partial charge < -0.3 is 15.1 Å². The maximum absolute atomic E-state index is 11.6. The number of nitrogens with zero attached hydrogens (tertiary/aromatic N) is 2. The van der Waals surface area contributed by atoms with Gasteiger partial charge in [-0.15, -0.1) is 0 Å². The van der Waals surface area contributed by atoms with E-state index in [0.717, 1.165) is 32.4 Å². The summed E-state index contributed by atoms with van der Waals surface area (Å²) in [4.78, 5) is 11.6. The molecule has 0 spiro atoms. The van der Waals surface area contributed by atoms with Gasteiger partial charge in [0.15, 0.2) is 5.11 Å². The molecule has 0 aliphatic carbocycles. The van der Waals surface area contributed by atoms with E-state index in [2.05, 4.69) is 31.7 Å². The Morgan fingerprint density at radius 3 is 2.72 bits per heavy atom. The van der Waals surface area contributed by atoms with Crippen LogP contribution in [0.15, 0.2) is 74.6 Å². The third-order valence-electron chi connectivity index (χ3n) is 4.34. The highest BCUT2D eigenvalue weighted by atomic mass is 79.9. The molecular weight excluding hydrogens is 452 g/mol. The number of halogens is 1. The van der Waals surface area contributed by atoms with Crippen LogP contribution in [0.25, 0.3) is 11.0 Å². The monoisotopic (exact) mass is 468 g/mol. The highest BCUT2D eigenvalue weighted by Gasteiger charge is 2.06. The number of benzene rings is 2. The summed E-state index contributed by atoms with van der Waals surface area (Å²) in [5.41, 5.74) is 3.74. The van der Waals surface area contributed by atoms with Gasteiger partial charge in [0, 0.05) is 35.1 Å². The van der Waals surface area contributed by atoms with Crippen LogP contribution in [-0.4, -0.2) is 14.9 Å². The van der Waals surface area contributed by atoms with Gasteiger partial charge in [-0.3, -0.25) is 4.68 Å². The molecule has 29 heavy (non-hydrogen) atoms. The predicted octanol–water partition coefficient (Wildman–Crippen LogP) is 4.92. The number of aryl methyl sites for hydroxylation is 1. The fraction of sp³-hybridized carbons (Fsp3) is 0.0952. The van der Waals surface area contributed by atoms with Gasteiger partial charge in [0.05, 0.1) is 17.2 Å². The Hall–Kier alpha value is -2.97. The maximum Gasteiger partial charge on any atom is 0.336 e. The molecule has 4 aromatic rings. The lowest BCUT2D eigenvalue weighted by Crippen LogP contribution is -2.19. The molecule has 0 fully saturated rings. The van der Waals surface area contributed by atoms with Gasteiger partial charge in [0.25, 0.3) is 0 Å². The molecule has 8 heteroatoms. The van der Waals surface area contributed by atoms with Gasteiger partial charge in [-0.05, 0) is 70.5 Å². The van der Waals surface area contributed by atoms with Crippen molar-refractivity contribution in [2.75, 3.05) is 10.6 Å². The zero-order chi connectivity index (χ0) is 20.4. The molecule has 0 radical (unpaired) electrons. The SMILES string of the molecule is Cc1cc(=O)oc2cc(NC(=S)Nc3cccc(Cn4cc(Br)cn4)c3)ccc12. The van der Waals surface area contributed by atoms with Crippen LogP contribution in [0.2, 0.25) is 0 Å². The maximum atomic E-state index is 11.6. The molecule has 2 aromatic heterocycles. The first-order valence-corrected chi connectivity index (χ1v) is 10.1. The number of aromatic nitrogens is 2. The van der Waals surface area contributed by atoms with E-state index in [0.29, 0.717) is 17.2 Å². The van der Waals surface area contributed by atoms with Gasteiger partial charge in [0.1, 0.15) is 5.58 Å². The van der Waals surface area contributed by atoms with E-state index in [1.807, 2.05) is 54.2 Å². The van der Waals surface area contributed by atoms with Crippen molar-refractivity contribution in [3.8, 4) is 0 Å². The van der Waals surface area contributed by atoms with E-state index < -0.39 is 0 Å². The molecule has 0 bridgehead atoms. The van der Waals surface area contributed by atoms with Crippen LogP contribution in [0.5, 0.6) is 0 Å². The van der Waals surface area contributed by atoms with E-state index in [4.69, 9.17) is 16.6 Å². The zero-order valence-electron chi connectivity index (χ0n) is 15.5. The van der Waals surface area contributed by atoms with Crippen LogP contribution in [-0.2, 0) is 6.54 Å². The van der Waals surface area contributed by atoms with Crippen molar-refractivity contribution in [2.45, 2.75) is 13.5 Å². The van der Waals surface area contributed by atoms with Crippen molar-refractivity contribution in [3.63, 3.8) is 0 Å². The molecule has 6 nitrogen and oxygen atoms in total. The van der Waals surface area contributed by atoms with Crippen molar-refractivity contribution in [1.82, 2.24) is 9.78 Å². The van der Waals surface area contributed by atoms with Crippen molar-refractivity contribution in [3.05, 3.63) is 86.9 Å². The lowest BCUT2D eigenvalue weighted by atomic mass is 10.1. The van der Waals surface area contributed by atoms with Gasteiger partial charge >= 0.3 is 5.63 Å². The Balaban J connectivity index is 1.46. The molecule has 146 valence electrons. The van der Waals surface area contributed by atoms with Crippen molar-refractivity contribution < 1.29 is 4.42 Å². The normalized spacial score (nSPS) is 10.8. The van der Waals surface area contributed by atoms with Gasteiger partial charge in [-0.1, -0.05) is 12.1 Å². The number of thiocarbonyl (C=S) groups is 1. The molecule has 0 aliphatic rings. The lowest BCUT2D eigenvalue weighted by Gasteiger charge is -2.12. The Kier molecular flexibility index (Phi) is 5.46. The number of fused-ring (bicyclic) bond motifs is 1. The summed E-state index contributed by atoms with van der Waals surface area (Å²) in [6.45, 7) is 2.54. The van der Waals surface area contributed by atoms with Crippen molar-refractivity contribution in [2.24, 2.45) is 0 Å². The van der Waals surface area contributed by atoms with E-state index in [1.54, 1.807) is 12.3 Å². The number of anilines is 2. The average Bonchev–Trinajstić information content (AvgIpc) is 3.06. The summed E-state index contributed by atoms with van der Waals surface area (Å²) in [6.07, 6.45) is 3.68. The molecule has 2 aromatic carbocycles. The summed E-state index contributed by atoms with van der Waals surface area (Å²) in [7, 11) is 0. The zero-order valence-corrected chi connectivity index (χ0v) is 17.9. The molecule has 2 heterocycles. The van der Waals surface area contributed by atoms with Crippen LogP contribution in [0.4, 0.5) is 11.4 Å². The fourth-order valence-electron chi connectivity index (χ4n) is 3.06. The minimum absolute atomic E-state index is 0.367. The minimum atomic E-state index is -0.367. The molecule has 0 atom stereocenters. The van der Waals surface area contributed by atoms with Crippen LogP contribution >= 0.6 is 28.1 Å². The van der Waals surface area contributed by atoms with Crippen LogP contribution in [0.3, 0.4) is 0 Å². The molecule has 0 amide bonds. The summed E-state index contributed by atoms with van der Waals surface area (Å²) >= 11 is 8.83. The Bertz CT molecular complexity index is 1270. The molecule has 0 saturated carbocycles. The smallest absolute Gasteiger partial charge is 0.336 e. The largest absolute Gasteiger partial charge is 0.423 e. The topological polar surface area (TPSA) is 72.1 Å². The Morgan fingerprint density at radius 2 is 1.97 bits per heavy atom. The van der Waals surface area contributed by atoms with Gasteiger partial charge in [-0.2, -0.15) is 5.10 Å². The summed E-state index contributed by atoms with van der Waals surface area (Å²) in [5.74, 6) is 0. The molecule has 4 rings (SSSR count). The Morgan fingerprint density at radius 1 is 1.17 bits per heavy atom. The second kappa shape index (κ2) is 8.18. The highest BCUT2D eigenvalue weighted by Crippen LogP contribution is 2.21. The number of hydrogen-bond donors (Lipinski definition) is 2. The number of rotatable bonds is 4. The van der Waals surface area contributed by atoms with E-state index >= 15 is 0 Å². The quantitative estimate of drug-likeness (QED) is 0.327. The third kappa shape index (κ3) is 4.72. The van der Waals surface area contributed by atoms with E-state index in [9.17, 15) is 4.79 Å². The van der Waals surface area contributed by atoms with Gasteiger partial charge in [-0.25, -0.2) is 4.79 Å². The van der Waals surface area contributed by atoms with Gasteiger partial charge in [0.2, 0.25) is 0 Å². The first-order chi connectivity index (χ1) is 14.0. The fourth-order valence-corrected chi connectivity index (χ4v) is 3.62. The molecular formula is C21H17BrN4O2S. The standard InChI is InChI=1S/C21H17BrN4O2S/c1-13-7-20(27)28-19-9-17(5-6-18(13)19)25-21(29)24-16-4-2-3-14(8-16)11-26-12-15(22)10-23-26/h2-10,12H,11H2,1H3,(H2,24,25,29). The second-order valence-corrected chi connectivity index (χ2v) is 7.92. The summed E-state index contributed by atoms with van der Waals surface area (Å²) in [5, 5.41) is 11.9. The van der Waals surface area contributed by atoms with E-state index in [1.165, 1.54) is 6.07 Å². The lowest BCUT2D eigenvalue weighted by molar-refractivity contribution is 0.560. The minimum Gasteiger partial charge on any atom is -0.423 e. The van der Waals surface area contributed by atoms with Crippen LogP contribution in [0.1, 0.15) is 11.1 Å². The second-order valence-electron chi connectivity index (χ2n) is 6.60. The van der Waals surface area contributed by atoms with E-state index in [-0.39, 0.29) is 5.63 Å². The molecule has 0 saturated heterocycles. The number of hydrogen-bond acceptors (Lipinski definition) is 4. The molecule has 0 aliphatic heterocycles. The first kappa shape index (κ1) is 19.4.